The maximum Gasteiger partial charge on any atom is 0.262 e. The van der Waals surface area contributed by atoms with E-state index in [9.17, 15) is 16.8 Å². The van der Waals surface area contributed by atoms with Gasteiger partial charge in [-0.25, -0.2) is 16.8 Å². The molecule has 0 bridgehead atoms. The molecule has 8 nitrogen and oxygen atoms in total. The normalized spacial score (nSPS) is 20.7. The summed E-state index contributed by atoms with van der Waals surface area (Å²) in [5.74, 6) is -0.143. The Labute approximate surface area is 118 Å². The van der Waals surface area contributed by atoms with Crippen LogP contribution in [-0.4, -0.2) is 55.9 Å². The average Bonchev–Trinajstić information content (AvgIpc) is 2.64. The molecule has 2 heterocycles. The van der Waals surface area contributed by atoms with Gasteiger partial charge in [-0.1, -0.05) is 0 Å². The van der Waals surface area contributed by atoms with Gasteiger partial charge in [-0.3, -0.25) is 5.10 Å². The van der Waals surface area contributed by atoms with E-state index >= 15 is 0 Å². The minimum atomic E-state index is -3.81. The second-order valence-corrected chi connectivity index (χ2v) is 8.90. The molecule has 20 heavy (non-hydrogen) atoms. The number of aromatic nitrogens is 2. The molecule has 10 heteroatoms. The van der Waals surface area contributed by atoms with E-state index in [2.05, 4.69) is 10.2 Å². The molecule has 0 amide bonds. The summed E-state index contributed by atoms with van der Waals surface area (Å²) < 4.78 is 49.3. The Morgan fingerprint density at radius 2 is 2.05 bits per heavy atom. The SMILES string of the molecule is Cc1[nH]nc(S(=O)(=O)N2CCCS(=O)(=O)CC2)c1CN. The van der Waals surface area contributed by atoms with Gasteiger partial charge in [-0.05, 0) is 13.3 Å². The Hall–Kier alpha value is -0.970. The third kappa shape index (κ3) is 2.87. The summed E-state index contributed by atoms with van der Waals surface area (Å²) in [6.07, 6.45) is 0.295. The van der Waals surface area contributed by atoms with E-state index in [-0.39, 0.29) is 36.2 Å². The van der Waals surface area contributed by atoms with Crippen molar-refractivity contribution in [1.29, 1.82) is 0 Å². The number of hydrogen-bond donors (Lipinski definition) is 2. The lowest BCUT2D eigenvalue weighted by Gasteiger charge is -2.18. The first-order chi connectivity index (χ1) is 9.28. The highest BCUT2D eigenvalue weighted by Crippen LogP contribution is 2.21. The van der Waals surface area contributed by atoms with Crippen LogP contribution in [0.15, 0.2) is 5.03 Å². The largest absolute Gasteiger partial charge is 0.326 e. The zero-order chi connectivity index (χ0) is 15.0. The number of aryl methyl sites for hydroxylation is 1. The van der Waals surface area contributed by atoms with Gasteiger partial charge >= 0.3 is 0 Å². The molecule has 1 aliphatic heterocycles. The third-order valence-electron chi connectivity index (χ3n) is 3.34. The van der Waals surface area contributed by atoms with Crippen molar-refractivity contribution in [2.75, 3.05) is 24.6 Å². The smallest absolute Gasteiger partial charge is 0.262 e. The van der Waals surface area contributed by atoms with Crippen molar-refractivity contribution in [2.45, 2.75) is 24.9 Å². The van der Waals surface area contributed by atoms with Crippen LogP contribution >= 0.6 is 0 Å². The van der Waals surface area contributed by atoms with Gasteiger partial charge in [0.15, 0.2) is 14.9 Å². The minimum Gasteiger partial charge on any atom is -0.326 e. The first-order valence-electron chi connectivity index (χ1n) is 6.22. The van der Waals surface area contributed by atoms with Crippen LogP contribution in [0.25, 0.3) is 0 Å². The van der Waals surface area contributed by atoms with Gasteiger partial charge in [0, 0.05) is 30.9 Å². The second kappa shape index (κ2) is 5.43. The number of rotatable bonds is 3. The Kier molecular flexibility index (Phi) is 4.19. The van der Waals surface area contributed by atoms with Crippen LogP contribution in [0.4, 0.5) is 0 Å². The predicted octanol–water partition coefficient (Wildman–Crippen LogP) is -1.01. The lowest BCUT2D eigenvalue weighted by molar-refractivity contribution is 0.431. The number of aromatic amines is 1. The van der Waals surface area contributed by atoms with E-state index in [0.29, 0.717) is 17.7 Å². The molecular weight excluding hydrogens is 304 g/mol. The van der Waals surface area contributed by atoms with Crippen molar-refractivity contribution in [3.8, 4) is 0 Å². The van der Waals surface area contributed by atoms with Crippen LogP contribution in [0.5, 0.6) is 0 Å². The summed E-state index contributed by atoms with van der Waals surface area (Å²) in [7, 11) is -6.98. The summed E-state index contributed by atoms with van der Waals surface area (Å²) in [4.78, 5) is 0. The van der Waals surface area contributed by atoms with Crippen LogP contribution in [0.2, 0.25) is 0 Å². The average molecular weight is 322 g/mol. The highest BCUT2D eigenvalue weighted by molar-refractivity contribution is 7.91. The standard InChI is InChI=1S/C10H18N4O4S2/c1-8-9(7-11)10(13-12-8)20(17,18)14-3-2-5-19(15,16)6-4-14/h2-7,11H2,1H3,(H,12,13). The number of H-pyrrole nitrogens is 1. The van der Waals surface area contributed by atoms with Gasteiger partial charge in [0.25, 0.3) is 10.0 Å². The van der Waals surface area contributed by atoms with E-state index in [1.807, 2.05) is 0 Å². The maximum atomic E-state index is 12.5. The van der Waals surface area contributed by atoms with E-state index in [1.54, 1.807) is 6.92 Å². The van der Waals surface area contributed by atoms with Crippen molar-refractivity contribution in [1.82, 2.24) is 14.5 Å². The van der Waals surface area contributed by atoms with Crippen molar-refractivity contribution < 1.29 is 16.8 Å². The van der Waals surface area contributed by atoms with Crippen LogP contribution in [0.3, 0.4) is 0 Å². The number of nitrogens with zero attached hydrogens (tertiary/aromatic N) is 2. The molecular formula is C10H18N4O4S2. The highest BCUT2D eigenvalue weighted by Gasteiger charge is 2.32. The first-order valence-corrected chi connectivity index (χ1v) is 9.48. The fourth-order valence-corrected chi connectivity index (χ4v) is 5.20. The zero-order valence-corrected chi connectivity index (χ0v) is 12.8. The molecule has 1 saturated heterocycles. The molecule has 1 aliphatic rings. The van der Waals surface area contributed by atoms with Gasteiger partial charge in [-0.2, -0.15) is 9.40 Å². The lowest BCUT2D eigenvalue weighted by Crippen LogP contribution is -2.34. The molecule has 1 aromatic rings. The van der Waals surface area contributed by atoms with E-state index in [1.165, 1.54) is 4.31 Å². The van der Waals surface area contributed by atoms with Gasteiger partial charge < -0.3 is 5.73 Å². The van der Waals surface area contributed by atoms with Crippen molar-refractivity contribution >= 4 is 19.9 Å². The van der Waals surface area contributed by atoms with Crippen LogP contribution in [-0.2, 0) is 26.4 Å². The molecule has 0 aromatic carbocycles. The molecule has 1 aromatic heterocycles. The fraction of sp³-hybridized carbons (Fsp3) is 0.700. The topological polar surface area (TPSA) is 126 Å². The summed E-state index contributed by atoms with van der Waals surface area (Å²) in [6, 6.07) is 0. The van der Waals surface area contributed by atoms with E-state index < -0.39 is 19.9 Å². The van der Waals surface area contributed by atoms with Gasteiger partial charge in [-0.15, -0.1) is 0 Å². The van der Waals surface area contributed by atoms with E-state index in [4.69, 9.17) is 5.73 Å². The fourth-order valence-electron chi connectivity index (χ4n) is 2.16. The third-order valence-corrected chi connectivity index (χ3v) is 6.93. The molecule has 0 spiro atoms. The number of nitrogens with one attached hydrogen (secondary N) is 1. The van der Waals surface area contributed by atoms with Crippen LogP contribution in [0, 0.1) is 6.92 Å². The molecule has 0 unspecified atom stereocenters. The molecule has 3 N–H and O–H groups in total. The first kappa shape index (κ1) is 15.4. The Balaban J connectivity index is 2.35. The summed E-state index contributed by atoms with van der Waals surface area (Å²) in [6.45, 7) is 1.89. The Morgan fingerprint density at radius 3 is 2.70 bits per heavy atom. The van der Waals surface area contributed by atoms with Crippen LogP contribution < -0.4 is 5.73 Å². The Morgan fingerprint density at radius 1 is 1.35 bits per heavy atom. The van der Waals surface area contributed by atoms with Gasteiger partial charge in [0.2, 0.25) is 0 Å². The zero-order valence-electron chi connectivity index (χ0n) is 11.2. The molecule has 0 saturated carbocycles. The Bertz CT molecular complexity index is 693. The molecule has 0 atom stereocenters. The van der Waals surface area contributed by atoms with Crippen molar-refractivity contribution in [2.24, 2.45) is 5.73 Å². The van der Waals surface area contributed by atoms with Crippen molar-refractivity contribution in [3.05, 3.63) is 11.3 Å². The minimum absolute atomic E-state index is 0.0162. The van der Waals surface area contributed by atoms with Crippen molar-refractivity contribution in [3.63, 3.8) is 0 Å². The number of hydrogen-bond acceptors (Lipinski definition) is 6. The number of nitrogens with two attached hydrogens (primary N) is 1. The quantitative estimate of drug-likeness (QED) is 0.734. The second-order valence-electron chi connectivity index (χ2n) is 4.75. The summed E-state index contributed by atoms with van der Waals surface area (Å²) in [5, 5.41) is 6.33. The van der Waals surface area contributed by atoms with E-state index in [0.717, 1.165) is 0 Å². The molecule has 0 aliphatic carbocycles. The highest BCUT2D eigenvalue weighted by atomic mass is 32.2. The molecule has 0 radical (unpaired) electrons. The molecule has 114 valence electrons. The summed E-state index contributed by atoms with van der Waals surface area (Å²) >= 11 is 0. The van der Waals surface area contributed by atoms with Crippen LogP contribution in [0.1, 0.15) is 17.7 Å². The van der Waals surface area contributed by atoms with Gasteiger partial charge in [0.05, 0.1) is 11.5 Å². The lowest BCUT2D eigenvalue weighted by atomic mass is 10.3. The molecule has 1 fully saturated rings. The number of sulfonamides is 1. The maximum absolute atomic E-state index is 12.5. The molecule has 2 rings (SSSR count). The number of sulfone groups is 1. The monoisotopic (exact) mass is 322 g/mol. The van der Waals surface area contributed by atoms with Gasteiger partial charge in [0.1, 0.15) is 0 Å². The summed E-state index contributed by atoms with van der Waals surface area (Å²) in [5.41, 5.74) is 6.60. The predicted molar refractivity (Wildman–Crippen MR) is 73.2 cm³/mol.